The van der Waals surface area contributed by atoms with Gasteiger partial charge in [-0.15, -0.1) is 0 Å². The van der Waals surface area contributed by atoms with E-state index in [4.69, 9.17) is 4.42 Å². The summed E-state index contributed by atoms with van der Waals surface area (Å²) in [6.45, 7) is 4.48. The van der Waals surface area contributed by atoms with Gasteiger partial charge in [-0.2, -0.15) is 4.98 Å². The number of rotatable bonds is 6. The molecule has 5 heteroatoms. The summed E-state index contributed by atoms with van der Waals surface area (Å²) in [5.41, 5.74) is 2.10. The molecule has 18 heavy (non-hydrogen) atoms. The smallest absolute Gasteiger partial charge is 0.297 e. The van der Waals surface area contributed by atoms with Crippen molar-refractivity contribution < 1.29 is 4.42 Å². The molecule has 2 aromatic heterocycles. The summed E-state index contributed by atoms with van der Waals surface area (Å²) in [4.78, 5) is 10.4. The fourth-order valence-electron chi connectivity index (χ4n) is 1.64. The third-order valence-electron chi connectivity index (χ3n) is 2.59. The zero-order valence-electron chi connectivity index (χ0n) is 10.8. The van der Waals surface area contributed by atoms with Crippen molar-refractivity contribution >= 4 is 6.01 Å². The molecule has 0 spiro atoms. The second-order valence-electron chi connectivity index (χ2n) is 4.11. The first-order valence-electron chi connectivity index (χ1n) is 6.04. The van der Waals surface area contributed by atoms with Crippen LogP contribution in [0, 0.1) is 0 Å². The second kappa shape index (κ2) is 6.16. The van der Waals surface area contributed by atoms with Crippen LogP contribution in [0.25, 0.3) is 0 Å². The Kier molecular flexibility index (Phi) is 4.30. The van der Waals surface area contributed by atoms with Crippen LogP contribution in [0.2, 0.25) is 0 Å². The Morgan fingerprint density at radius 2 is 2.11 bits per heavy atom. The summed E-state index contributed by atoms with van der Waals surface area (Å²) in [6.07, 6.45) is 5.27. The van der Waals surface area contributed by atoms with Gasteiger partial charge in [-0.1, -0.05) is 6.92 Å². The largest absolute Gasteiger partial charge is 0.432 e. The van der Waals surface area contributed by atoms with Gasteiger partial charge in [0, 0.05) is 32.5 Å². The molecule has 0 saturated heterocycles. The van der Waals surface area contributed by atoms with E-state index >= 15 is 0 Å². The fraction of sp³-hybridized carbons (Fsp3) is 0.385. The molecule has 0 amide bonds. The molecule has 2 rings (SSSR count). The Morgan fingerprint density at radius 1 is 1.33 bits per heavy atom. The highest BCUT2D eigenvalue weighted by Gasteiger charge is 2.09. The highest BCUT2D eigenvalue weighted by molar-refractivity contribution is 5.28. The first-order chi connectivity index (χ1) is 8.79. The molecule has 0 fully saturated rings. The Labute approximate surface area is 107 Å². The number of oxazole rings is 1. The number of pyridine rings is 1. The summed E-state index contributed by atoms with van der Waals surface area (Å²) in [5, 5.41) is 3.22. The number of anilines is 1. The molecule has 0 bridgehead atoms. The molecule has 1 N–H and O–H groups in total. The fourth-order valence-corrected chi connectivity index (χ4v) is 1.64. The van der Waals surface area contributed by atoms with Gasteiger partial charge < -0.3 is 14.6 Å². The third-order valence-corrected chi connectivity index (χ3v) is 2.59. The number of hydrogen-bond acceptors (Lipinski definition) is 5. The molecule has 0 aromatic carbocycles. The molecule has 0 aliphatic heterocycles. The van der Waals surface area contributed by atoms with Crippen LogP contribution in [0.1, 0.15) is 18.2 Å². The predicted molar refractivity (Wildman–Crippen MR) is 70.2 cm³/mol. The predicted octanol–water partition coefficient (Wildman–Crippen LogP) is 1.82. The minimum atomic E-state index is 0.639. The zero-order chi connectivity index (χ0) is 12.8. The highest BCUT2D eigenvalue weighted by atomic mass is 16.4. The van der Waals surface area contributed by atoms with Crippen LogP contribution >= 0.6 is 0 Å². The second-order valence-corrected chi connectivity index (χ2v) is 4.11. The van der Waals surface area contributed by atoms with Crippen molar-refractivity contribution in [3.63, 3.8) is 0 Å². The van der Waals surface area contributed by atoms with Crippen molar-refractivity contribution in [3.8, 4) is 0 Å². The van der Waals surface area contributed by atoms with Crippen LogP contribution in [-0.2, 0) is 13.1 Å². The van der Waals surface area contributed by atoms with Gasteiger partial charge >= 0.3 is 0 Å². The van der Waals surface area contributed by atoms with Gasteiger partial charge in [0.15, 0.2) is 0 Å². The zero-order valence-corrected chi connectivity index (χ0v) is 10.8. The minimum Gasteiger partial charge on any atom is -0.432 e. The lowest BCUT2D eigenvalue weighted by atomic mass is 10.2. The van der Waals surface area contributed by atoms with E-state index in [0.29, 0.717) is 6.01 Å². The Hall–Kier alpha value is -1.88. The first kappa shape index (κ1) is 12.6. The summed E-state index contributed by atoms with van der Waals surface area (Å²) in [6, 6.07) is 4.61. The number of nitrogens with one attached hydrogen (secondary N) is 1. The average Bonchev–Trinajstić information content (AvgIpc) is 2.86. The molecule has 2 heterocycles. The maximum atomic E-state index is 5.45. The molecule has 0 saturated carbocycles. The van der Waals surface area contributed by atoms with Gasteiger partial charge in [0.1, 0.15) is 6.26 Å². The molecule has 5 nitrogen and oxygen atoms in total. The van der Waals surface area contributed by atoms with E-state index in [1.807, 2.05) is 24.1 Å². The van der Waals surface area contributed by atoms with E-state index in [1.54, 1.807) is 18.7 Å². The van der Waals surface area contributed by atoms with Crippen LogP contribution in [0.4, 0.5) is 6.01 Å². The van der Waals surface area contributed by atoms with Crippen molar-refractivity contribution in [2.24, 2.45) is 0 Å². The average molecular weight is 246 g/mol. The summed E-state index contributed by atoms with van der Waals surface area (Å²) in [7, 11) is 1.96. The maximum absolute atomic E-state index is 5.45. The molecular formula is C13H18N4O. The number of nitrogens with zero attached hydrogens (tertiary/aromatic N) is 3. The van der Waals surface area contributed by atoms with Crippen molar-refractivity contribution in [1.29, 1.82) is 0 Å². The quantitative estimate of drug-likeness (QED) is 0.842. The molecule has 0 unspecified atom stereocenters. The van der Waals surface area contributed by atoms with Crippen LogP contribution in [0.15, 0.2) is 35.2 Å². The molecule has 0 radical (unpaired) electrons. The van der Waals surface area contributed by atoms with Gasteiger partial charge in [0.05, 0.1) is 5.69 Å². The van der Waals surface area contributed by atoms with Gasteiger partial charge in [0.25, 0.3) is 6.01 Å². The molecule has 2 aromatic rings. The van der Waals surface area contributed by atoms with Gasteiger partial charge in [0.2, 0.25) is 0 Å². The van der Waals surface area contributed by atoms with Crippen molar-refractivity contribution in [2.75, 3.05) is 18.5 Å². The lowest BCUT2D eigenvalue weighted by Crippen LogP contribution is -2.17. The van der Waals surface area contributed by atoms with Gasteiger partial charge in [-0.3, -0.25) is 4.98 Å². The normalized spacial score (nSPS) is 10.6. The Balaban J connectivity index is 1.96. The SMILES string of the molecule is CCNCc1coc(N(C)Cc2ccncc2)n1. The molecular weight excluding hydrogens is 228 g/mol. The first-order valence-corrected chi connectivity index (χ1v) is 6.04. The van der Waals surface area contributed by atoms with E-state index in [-0.39, 0.29) is 0 Å². The lowest BCUT2D eigenvalue weighted by molar-refractivity contribution is 0.543. The van der Waals surface area contributed by atoms with Gasteiger partial charge in [-0.25, -0.2) is 0 Å². The van der Waals surface area contributed by atoms with E-state index in [9.17, 15) is 0 Å². The monoisotopic (exact) mass is 246 g/mol. The molecule has 0 aliphatic carbocycles. The van der Waals surface area contributed by atoms with Crippen molar-refractivity contribution in [1.82, 2.24) is 15.3 Å². The van der Waals surface area contributed by atoms with E-state index in [0.717, 1.165) is 25.3 Å². The van der Waals surface area contributed by atoms with E-state index < -0.39 is 0 Å². The molecule has 0 atom stereocenters. The topological polar surface area (TPSA) is 54.2 Å². The van der Waals surface area contributed by atoms with Crippen molar-refractivity contribution in [3.05, 3.63) is 42.0 Å². The third kappa shape index (κ3) is 3.30. The minimum absolute atomic E-state index is 0.639. The summed E-state index contributed by atoms with van der Waals surface area (Å²) < 4.78 is 5.45. The summed E-state index contributed by atoms with van der Waals surface area (Å²) >= 11 is 0. The lowest BCUT2D eigenvalue weighted by Gasteiger charge is -2.13. The summed E-state index contributed by atoms with van der Waals surface area (Å²) in [5.74, 6) is 0. The van der Waals surface area contributed by atoms with Crippen LogP contribution in [-0.4, -0.2) is 23.6 Å². The Morgan fingerprint density at radius 3 is 2.83 bits per heavy atom. The molecule has 96 valence electrons. The highest BCUT2D eigenvalue weighted by Crippen LogP contribution is 2.14. The maximum Gasteiger partial charge on any atom is 0.297 e. The van der Waals surface area contributed by atoms with Crippen molar-refractivity contribution in [2.45, 2.75) is 20.0 Å². The Bertz CT molecular complexity index is 469. The number of hydrogen-bond donors (Lipinski definition) is 1. The van der Waals surface area contributed by atoms with E-state index in [2.05, 4.69) is 22.2 Å². The van der Waals surface area contributed by atoms with Crippen LogP contribution < -0.4 is 10.2 Å². The standard InChI is InChI=1S/C13H18N4O/c1-3-14-8-12-10-18-13(16-12)17(2)9-11-4-6-15-7-5-11/h4-7,10,14H,3,8-9H2,1-2H3. The van der Waals surface area contributed by atoms with Crippen LogP contribution in [0.3, 0.4) is 0 Å². The van der Waals surface area contributed by atoms with E-state index in [1.165, 1.54) is 5.56 Å². The van der Waals surface area contributed by atoms with Gasteiger partial charge in [-0.05, 0) is 24.2 Å². The number of aromatic nitrogens is 2. The molecule has 0 aliphatic rings. The van der Waals surface area contributed by atoms with Crippen LogP contribution in [0.5, 0.6) is 0 Å².